The number of fused-ring (bicyclic) bond motifs is 3. The van der Waals surface area contributed by atoms with Gasteiger partial charge in [0, 0.05) is 23.7 Å². The molecule has 0 bridgehead atoms. The summed E-state index contributed by atoms with van der Waals surface area (Å²) in [5.74, 6) is -1.54. The van der Waals surface area contributed by atoms with Gasteiger partial charge in [-0.1, -0.05) is 0 Å². The molecule has 4 heterocycles. The standard InChI is InChI=1S/C20H19F3N4O4S/c21-20(22,23)16-15-14(31-18(16)19(28)25-6-13-5-24-10-32-13)2-1-11-7-27(26-17(11)15)8-12-9-29-3-4-30-12/h5,7,10,12H,1-4,6,8-9H2,(H,25,28)/t12-/m0/s1. The summed E-state index contributed by atoms with van der Waals surface area (Å²) in [5, 5.41) is 6.89. The highest BCUT2D eigenvalue weighted by molar-refractivity contribution is 7.09. The average Bonchev–Trinajstić information content (AvgIpc) is 3.49. The van der Waals surface area contributed by atoms with Gasteiger partial charge in [-0.25, -0.2) is 0 Å². The Kier molecular flexibility index (Phi) is 5.51. The largest absolute Gasteiger partial charge is 0.455 e. The van der Waals surface area contributed by atoms with Gasteiger partial charge in [0.25, 0.3) is 5.91 Å². The molecule has 2 aliphatic rings. The summed E-state index contributed by atoms with van der Waals surface area (Å²) in [6, 6.07) is 0. The number of carbonyl (C=O) groups excluding carboxylic acids is 1. The van der Waals surface area contributed by atoms with Gasteiger partial charge in [-0.2, -0.15) is 18.3 Å². The Morgan fingerprint density at radius 1 is 1.31 bits per heavy atom. The Morgan fingerprint density at radius 2 is 2.19 bits per heavy atom. The average molecular weight is 468 g/mol. The number of nitrogens with one attached hydrogen (secondary N) is 1. The predicted molar refractivity (Wildman–Crippen MR) is 106 cm³/mol. The fraction of sp³-hybridized carbons (Fsp3) is 0.450. The van der Waals surface area contributed by atoms with E-state index < -0.39 is 23.4 Å². The van der Waals surface area contributed by atoms with Gasteiger partial charge in [-0.3, -0.25) is 14.5 Å². The quantitative estimate of drug-likeness (QED) is 0.619. The zero-order valence-corrected chi connectivity index (χ0v) is 17.6. The Labute approximate surface area is 184 Å². The lowest BCUT2D eigenvalue weighted by molar-refractivity contribution is -0.137. The van der Waals surface area contributed by atoms with E-state index in [0.29, 0.717) is 38.3 Å². The maximum Gasteiger partial charge on any atom is 0.420 e. The fourth-order valence-corrected chi connectivity index (χ4v) is 4.49. The molecule has 0 radical (unpaired) electrons. The number of amides is 1. The van der Waals surface area contributed by atoms with E-state index in [1.807, 2.05) is 0 Å². The molecule has 0 aromatic carbocycles. The highest BCUT2D eigenvalue weighted by Crippen LogP contribution is 2.46. The van der Waals surface area contributed by atoms with Crippen LogP contribution < -0.4 is 5.32 Å². The van der Waals surface area contributed by atoms with Crippen molar-refractivity contribution in [3.05, 3.63) is 45.4 Å². The molecule has 1 N–H and O–H groups in total. The van der Waals surface area contributed by atoms with Gasteiger partial charge >= 0.3 is 6.18 Å². The number of hydrogen-bond donors (Lipinski definition) is 1. The number of alkyl halides is 3. The van der Waals surface area contributed by atoms with Crippen LogP contribution in [0, 0.1) is 0 Å². The molecule has 0 spiro atoms. The summed E-state index contributed by atoms with van der Waals surface area (Å²) in [7, 11) is 0. The van der Waals surface area contributed by atoms with Gasteiger partial charge in [0.15, 0.2) is 0 Å². The summed E-state index contributed by atoms with van der Waals surface area (Å²) < 4.78 is 60.3. The summed E-state index contributed by atoms with van der Waals surface area (Å²) in [5.41, 5.74) is 1.22. The number of nitrogens with zero attached hydrogens (tertiary/aromatic N) is 3. The highest BCUT2D eigenvalue weighted by atomic mass is 32.1. The minimum atomic E-state index is -4.78. The minimum Gasteiger partial charge on any atom is -0.455 e. The number of halogens is 3. The minimum absolute atomic E-state index is 0.0650. The van der Waals surface area contributed by atoms with Crippen molar-refractivity contribution in [1.29, 1.82) is 0 Å². The molecule has 12 heteroatoms. The smallest absolute Gasteiger partial charge is 0.420 e. The molecule has 1 atom stereocenters. The van der Waals surface area contributed by atoms with Crippen LogP contribution in [0.3, 0.4) is 0 Å². The maximum atomic E-state index is 14.1. The zero-order chi connectivity index (χ0) is 22.3. The third kappa shape index (κ3) is 4.05. The van der Waals surface area contributed by atoms with Gasteiger partial charge < -0.3 is 19.2 Å². The van der Waals surface area contributed by atoms with Crippen LogP contribution in [0.4, 0.5) is 13.2 Å². The number of carbonyl (C=O) groups is 1. The van der Waals surface area contributed by atoms with Crippen LogP contribution in [-0.4, -0.2) is 46.6 Å². The molecule has 1 aliphatic carbocycles. The lowest BCUT2D eigenvalue weighted by Gasteiger charge is -2.22. The van der Waals surface area contributed by atoms with Crippen molar-refractivity contribution in [2.24, 2.45) is 0 Å². The van der Waals surface area contributed by atoms with E-state index in [4.69, 9.17) is 13.9 Å². The first-order valence-electron chi connectivity index (χ1n) is 10.0. The molecule has 1 saturated heterocycles. The van der Waals surface area contributed by atoms with Crippen molar-refractivity contribution in [3.8, 4) is 11.3 Å². The Balaban J connectivity index is 1.47. The summed E-state index contributed by atoms with van der Waals surface area (Å²) in [6.07, 6.45) is -1.01. The number of hydrogen-bond acceptors (Lipinski definition) is 7. The molecule has 1 amide bonds. The van der Waals surface area contributed by atoms with E-state index in [0.717, 1.165) is 4.88 Å². The second-order valence-electron chi connectivity index (χ2n) is 7.55. The van der Waals surface area contributed by atoms with Crippen molar-refractivity contribution in [2.45, 2.75) is 38.2 Å². The van der Waals surface area contributed by atoms with E-state index in [1.54, 1.807) is 22.6 Å². The molecule has 1 fully saturated rings. The lowest BCUT2D eigenvalue weighted by Crippen LogP contribution is -2.32. The number of aryl methyl sites for hydroxylation is 2. The van der Waals surface area contributed by atoms with Crippen molar-refractivity contribution < 1.29 is 31.9 Å². The van der Waals surface area contributed by atoms with Gasteiger partial charge in [0.1, 0.15) is 17.4 Å². The molecule has 8 nitrogen and oxygen atoms in total. The first-order valence-corrected chi connectivity index (χ1v) is 10.9. The first-order chi connectivity index (χ1) is 15.4. The fourth-order valence-electron chi connectivity index (χ4n) is 3.96. The van der Waals surface area contributed by atoms with Crippen LogP contribution in [0.5, 0.6) is 0 Å². The van der Waals surface area contributed by atoms with Crippen LogP contribution in [0.15, 0.2) is 22.3 Å². The van der Waals surface area contributed by atoms with Crippen molar-refractivity contribution in [2.75, 3.05) is 19.8 Å². The SMILES string of the molecule is O=C(NCc1cncs1)c1oc2c(c1C(F)(F)F)-c1nn(C[C@H]3COCCO3)cc1CC2. The number of rotatable bonds is 5. The molecule has 0 saturated carbocycles. The van der Waals surface area contributed by atoms with Gasteiger partial charge in [-0.05, 0) is 12.0 Å². The maximum absolute atomic E-state index is 14.1. The predicted octanol–water partition coefficient (Wildman–Crippen LogP) is 3.06. The van der Waals surface area contributed by atoms with Crippen LogP contribution in [0.25, 0.3) is 11.3 Å². The highest BCUT2D eigenvalue weighted by Gasteiger charge is 2.45. The summed E-state index contributed by atoms with van der Waals surface area (Å²) in [4.78, 5) is 17.2. The van der Waals surface area contributed by atoms with Crippen LogP contribution in [-0.2, 0) is 41.6 Å². The Bertz CT molecular complexity index is 1120. The molecule has 3 aromatic rings. The van der Waals surface area contributed by atoms with Crippen LogP contribution in [0.2, 0.25) is 0 Å². The van der Waals surface area contributed by atoms with E-state index in [1.165, 1.54) is 11.3 Å². The molecular formula is C20H19F3N4O4S. The van der Waals surface area contributed by atoms with Crippen LogP contribution in [0.1, 0.15) is 32.3 Å². The van der Waals surface area contributed by atoms with E-state index in [-0.39, 0.29) is 36.1 Å². The van der Waals surface area contributed by atoms with Gasteiger partial charge in [0.2, 0.25) is 5.76 Å². The summed E-state index contributed by atoms with van der Waals surface area (Å²) >= 11 is 1.29. The van der Waals surface area contributed by atoms with Crippen molar-refractivity contribution >= 4 is 17.2 Å². The van der Waals surface area contributed by atoms with E-state index in [9.17, 15) is 18.0 Å². The van der Waals surface area contributed by atoms with E-state index >= 15 is 0 Å². The van der Waals surface area contributed by atoms with Crippen molar-refractivity contribution in [3.63, 3.8) is 0 Å². The molecule has 32 heavy (non-hydrogen) atoms. The second-order valence-corrected chi connectivity index (χ2v) is 8.52. The third-order valence-corrected chi connectivity index (χ3v) is 6.13. The Hall–Kier alpha value is -2.70. The first kappa shape index (κ1) is 21.2. The second kappa shape index (κ2) is 8.34. The molecular weight excluding hydrogens is 449 g/mol. The monoisotopic (exact) mass is 468 g/mol. The number of aromatic nitrogens is 3. The van der Waals surface area contributed by atoms with E-state index in [2.05, 4.69) is 15.4 Å². The number of ether oxygens (including phenoxy) is 2. The molecule has 5 rings (SSSR count). The normalized spacial score (nSPS) is 18.3. The molecule has 170 valence electrons. The summed E-state index contributed by atoms with van der Waals surface area (Å²) in [6.45, 7) is 1.82. The van der Waals surface area contributed by atoms with Crippen molar-refractivity contribution in [1.82, 2.24) is 20.1 Å². The lowest BCUT2D eigenvalue weighted by atomic mass is 9.93. The topological polar surface area (TPSA) is 91.4 Å². The molecule has 1 aliphatic heterocycles. The molecule has 3 aromatic heterocycles. The molecule has 0 unspecified atom stereocenters. The zero-order valence-electron chi connectivity index (χ0n) is 16.8. The van der Waals surface area contributed by atoms with Gasteiger partial charge in [-0.15, -0.1) is 11.3 Å². The third-order valence-electron chi connectivity index (χ3n) is 5.35. The van der Waals surface area contributed by atoms with Gasteiger partial charge in [0.05, 0.1) is 49.7 Å². The van der Waals surface area contributed by atoms with Crippen LogP contribution >= 0.6 is 11.3 Å². The Morgan fingerprint density at radius 3 is 2.91 bits per heavy atom. The number of thiazole rings is 1. The number of furan rings is 1.